The van der Waals surface area contributed by atoms with E-state index in [2.05, 4.69) is 24.0 Å². The zero-order chi connectivity index (χ0) is 21.4. The van der Waals surface area contributed by atoms with E-state index in [0.29, 0.717) is 30.3 Å². The molecule has 5 heteroatoms. The van der Waals surface area contributed by atoms with Crippen molar-refractivity contribution in [3.05, 3.63) is 99.3 Å². The fourth-order valence-electron chi connectivity index (χ4n) is 3.95. The van der Waals surface area contributed by atoms with Gasteiger partial charge in [0.25, 0.3) is 0 Å². The van der Waals surface area contributed by atoms with Gasteiger partial charge in [0, 0.05) is 18.1 Å². The van der Waals surface area contributed by atoms with E-state index in [1.165, 1.54) is 5.56 Å². The zero-order valence-corrected chi connectivity index (χ0v) is 18.0. The predicted molar refractivity (Wildman–Crippen MR) is 121 cm³/mol. The Balaban J connectivity index is 1.40. The van der Waals surface area contributed by atoms with Gasteiger partial charge >= 0.3 is 0 Å². The van der Waals surface area contributed by atoms with E-state index >= 15 is 0 Å². The van der Waals surface area contributed by atoms with Crippen LogP contribution in [0.5, 0.6) is 11.5 Å². The van der Waals surface area contributed by atoms with Crippen molar-refractivity contribution in [1.29, 1.82) is 0 Å². The van der Waals surface area contributed by atoms with Gasteiger partial charge in [0.15, 0.2) is 5.76 Å². The van der Waals surface area contributed by atoms with Crippen molar-refractivity contribution in [3.63, 3.8) is 0 Å². The number of ketones is 1. The Morgan fingerprint density at radius 1 is 1.00 bits per heavy atom. The smallest absolute Gasteiger partial charge is 0.231 e. The van der Waals surface area contributed by atoms with Crippen LogP contribution in [-0.4, -0.2) is 17.4 Å². The number of carbonyl (C=O) groups is 1. The van der Waals surface area contributed by atoms with Crippen molar-refractivity contribution in [2.45, 2.75) is 26.4 Å². The van der Waals surface area contributed by atoms with Crippen molar-refractivity contribution < 1.29 is 14.3 Å². The molecular formula is C26H22ClNO3. The van der Waals surface area contributed by atoms with Crippen molar-refractivity contribution in [2.75, 3.05) is 6.73 Å². The molecule has 0 fully saturated rings. The first kappa shape index (κ1) is 19.9. The largest absolute Gasteiger partial charge is 0.478 e. The molecule has 2 aliphatic heterocycles. The fourth-order valence-corrected chi connectivity index (χ4v) is 4.08. The topological polar surface area (TPSA) is 38.8 Å². The van der Waals surface area contributed by atoms with Crippen LogP contribution in [0.1, 0.15) is 39.5 Å². The third-order valence-corrected chi connectivity index (χ3v) is 5.94. The lowest BCUT2D eigenvalue weighted by atomic mass is 10.0. The summed E-state index contributed by atoms with van der Waals surface area (Å²) in [6.45, 7) is 3.97. The third kappa shape index (κ3) is 3.97. The number of aryl methyl sites for hydroxylation is 1. The first-order valence-electron chi connectivity index (χ1n) is 10.4. The molecule has 156 valence electrons. The minimum atomic E-state index is -0.0906. The van der Waals surface area contributed by atoms with Crippen LogP contribution in [0.2, 0.25) is 5.02 Å². The van der Waals surface area contributed by atoms with Crippen molar-refractivity contribution in [1.82, 2.24) is 4.90 Å². The molecule has 0 N–H and O–H groups in total. The van der Waals surface area contributed by atoms with Crippen molar-refractivity contribution >= 4 is 23.5 Å². The van der Waals surface area contributed by atoms with Gasteiger partial charge in [-0.3, -0.25) is 9.69 Å². The van der Waals surface area contributed by atoms with Crippen LogP contribution in [-0.2, 0) is 19.5 Å². The molecule has 4 nitrogen and oxygen atoms in total. The lowest BCUT2D eigenvalue weighted by Crippen LogP contribution is -2.31. The Hall–Kier alpha value is -3.08. The standard InChI is InChI=1S/C26H22ClNO3/c1-2-17-3-5-18(6-4-17)13-24-25(29)21-11-12-23-22(26(21)31-24)15-28(16-30-23)14-19-7-9-20(27)10-8-19/h3-13H,2,14-16H2,1H3/b24-13-. The molecule has 5 rings (SSSR count). The van der Waals surface area contributed by atoms with Crippen molar-refractivity contribution in [3.8, 4) is 11.5 Å². The van der Waals surface area contributed by atoms with E-state index in [1.54, 1.807) is 6.07 Å². The monoisotopic (exact) mass is 431 g/mol. The van der Waals surface area contributed by atoms with Gasteiger partial charge < -0.3 is 9.47 Å². The number of allylic oxidation sites excluding steroid dienone is 1. The summed E-state index contributed by atoms with van der Waals surface area (Å²) in [7, 11) is 0. The number of halogens is 1. The molecule has 3 aromatic rings. The lowest BCUT2D eigenvalue weighted by Gasteiger charge is -2.29. The normalized spacial score (nSPS) is 16.6. The summed E-state index contributed by atoms with van der Waals surface area (Å²) in [6.07, 6.45) is 2.79. The molecule has 0 amide bonds. The second-order valence-electron chi connectivity index (χ2n) is 7.84. The zero-order valence-electron chi connectivity index (χ0n) is 17.2. The van der Waals surface area contributed by atoms with Gasteiger partial charge in [0.2, 0.25) is 5.78 Å². The Labute approximate surface area is 186 Å². The molecule has 2 aliphatic rings. The van der Waals surface area contributed by atoms with E-state index in [4.69, 9.17) is 21.1 Å². The highest BCUT2D eigenvalue weighted by Crippen LogP contribution is 2.42. The molecule has 2 heterocycles. The summed E-state index contributed by atoms with van der Waals surface area (Å²) in [5, 5.41) is 0.720. The maximum absolute atomic E-state index is 13.0. The summed E-state index contributed by atoms with van der Waals surface area (Å²) in [5.41, 5.74) is 4.86. The number of carbonyl (C=O) groups excluding carboxylic acids is 1. The van der Waals surface area contributed by atoms with Gasteiger partial charge in [-0.2, -0.15) is 0 Å². The summed E-state index contributed by atoms with van der Waals surface area (Å²) in [6, 6.07) is 19.6. The number of ether oxygens (including phenoxy) is 2. The fraction of sp³-hybridized carbons (Fsp3) is 0.192. The molecule has 0 bridgehead atoms. The predicted octanol–water partition coefficient (Wildman–Crippen LogP) is 5.87. The van der Waals surface area contributed by atoms with Crippen LogP contribution in [0.15, 0.2) is 66.4 Å². The van der Waals surface area contributed by atoms with Gasteiger partial charge in [-0.15, -0.1) is 0 Å². The maximum Gasteiger partial charge on any atom is 0.231 e. The summed E-state index contributed by atoms with van der Waals surface area (Å²) in [5.74, 6) is 1.64. The Morgan fingerprint density at radius 2 is 1.74 bits per heavy atom. The molecule has 31 heavy (non-hydrogen) atoms. The van der Waals surface area contributed by atoms with E-state index in [-0.39, 0.29) is 5.78 Å². The minimum absolute atomic E-state index is 0.0906. The van der Waals surface area contributed by atoms with Crippen LogP contribution in [0.4, 0.5) is 0 Å². The second kappa shape index (κ2) is 8.22. The minimum Gasteiger partial charge on any atom is -0.478 e. The average Bonchev–Trinajstić information content (AvgIpc) is 3.11. The first-order chi connectivity index (χ1) is 15.1. The van der Waals surface area contributed by atoms with Gasteiger partial charge in [-0.1, -0.05) is 54.9 Å². The van der Waals surface area contributed by atoms with E-state index in [0.717, 1.165) is 40.4 Å². The molecule has 0 radical (unpaired) electrons. The van der Waals surface area contributed by atoms with Crippen LogP contribution >= 0.6 is 11.6 Å². The summed E-state index contributed by atoms with van der Waals surface area (Å²) < 4.78 is 12.0. The molecular weight excluding hydrogens is 410 g/mol. The summed E-state index contributed by atoms with van der Waals surface area (Å²) in [4.78, 5) is 15.1. The highest BCUT2D eigenvalue weighted by Gasteiger charge is 2.33. The number of Topliss-reactive ketones (excluding diaryl/α,β-unsaturated/α-hetero) is 1. The molecule has 0 aliphatic carbocycles. The number of benzene rings is 3. The second-order valence-corrected chi connectivity index (χ2v) is 8.28. The molecule has 0 atom stereocenters. The average molecular weight is 432 g/mol. The third-order valence-electron chi connectivity index (χ3n) is 5.69. The van der Waals surface area contributed by atoms with Gasteiger partial charge in [-0.05, 0) is 53.5 Å². The highest BCUT2D eigenvalue weighted by molar-refractivity contribution is 6.30. The number of rotatable bonds is 4. The van der Waals surface area contributed by atoms with Crippen LogP contribution in [0.25, 0.3) is 6.08 Å². The van der Waals surface area contributed by atoms with Gasteiger partial charge in [0.05, 0.1) is 11.1 Å². The maximum atomic E-state index is 13.0. The van der Waals surface area contributed by atoms with E-state index in [1.807, 2.05) is 48.5 Å². The van der Waals surface area contributed by atoms with Crippen LogP contribution in [0, 0.1) is 0 Å². The number of nitrogens with zero attached hydrogens (tertiary/aromatic N) is 1. The first-order valence-corrected chi connectivity index (χ1v) is 10.8. The van der Waals surface area contributed by atoms with Gasteiger partial charge in [-0.25, -0.2) is 0 Å². The number of hydrogen-bond acceptors (Lipinski definition) is 4. The molecule has 0 saturated heterocycles. The Bertz CT molecular complexity index is 1170. The Kier molecular flexibility index (Phi) is 5.26. The van der Waals surface area contributed by atoms with E-state index in [9.17, 15) is 4.79 Å². The Morgan fingerprint density at radius 3 is 2.48 bits per heavy atom. The van der Waals surface area contributed by atoms with Crippen molar-refractivity contribution in [2.24, 2.45) is 0 Å². The molecule has 0 unspecified atom stereocenters. The SMILES string of the molecule is CCc1ccc(/C=C2\Oc3c(ccc4c3CN(Cc3ccc(Cl)cc3)CO4)C2=O)cc1. The van der Waals surface area contributed by atoms with E-state index < -0.39 is 0 Å². The lowest BCUT2D eigenvalue weighted by molar-refractivity contribution is 0.0873. The number of hydrogen-bond donors (Lipinski definition) is 0. The highest BCUT2D eigenvalue weighted by atomic mass is 35.5. The molecule has 3 aromatic carbocycles. The van der Waals surface area contributed by atoms with Gasteiger partial charge in [0.1, 0.15) is 18.2 Å². The van der Waals surface area contributed by atoms with Crippen LogP contribution in [0.3, 0.4) is 0 Å². The number of fused-ring (bicyclic) bond motifs is 3. The van der Waals surface area contributed by atoms with Crippen LogP contribution < -0.4 is 9.47 Å². The molecule has 0 spiro atoms. The molecule has 0 saturated carbocycles. The molecule has 0 aromatic heterocycles. The quantitative estimate of drug-likeness (QED) is 0.484. The summed E-state index contributed by atoms with van der Waals surface area (Å²) >= 11 is 5.99.